The molecule has 3 heteroatoms. The summed E-state index contributed by atoms with van der Waals surface area (Å²) < 4.78 is 0. The van der Waals surface area contributed by atoms with Crippen LogP contribution in [0.15, 0.2) is 24.3 Å². The molecule has 1 amide bonds. The van der Waals surface area contributed by atoms with E-state index in [1.807, 2.05) is 17.0 Å². The molecule has 0 radical (unpaired) electrons. The Kier molecular flexibility index (Phi) is 5.60. The lowest BCUT2D eigenvalue weighted by atomic mass is 9.91. The van der Waals surface area contributed by atoms with E-state index in [1.165, 1.54) is 24.0 Å². The summed E-state index contributed by atoms with van der Waals surface area (Å²) in [5.41, 5.74) is 8.36. The first kappa shape index (κ1) is 15.0. The van der Waals surface area contributed by atoms with Crippen molar-refractivity contribution in [2.24, 2.45) is 5.73 Å². The van der Waals surface area contributed by atoms with Gasteiger partial charge in [0.1, 0.15) is 0 Å². The van der Waals surface area contributed by atoms with Crippen molar-refractivity contribution in [3.63, 3.8) is 0 Å². The van der Waals surface area contributed by atoms with Crippen molar-refractivity contribution < 1.29 is 4.79 Å². The fourth-order valence-electron chi connectivity index (χ4n) is 3.03. The molecule has 1 aliphatic heterocycles. The van der Waals surface area contributed by atoms with Crippen molar-refractivity contribution >= 4 is 5.91 Å². The number of hydrogen-bond donors (Lipinski definition) is 1. The van der Waals surface area contributed by atoms with Gasteiger partial charge in [0.15, 0.2) is 0 Å². The van der Waals surface area contributed by atoms with Crippen LogP contribution in [-0.2, 0) is 4.79 Å². The number of aryl methyl sites for hydroxylation is 1. The summed E-state index contributed by atoms with van der Waals surface area (Å²) >= 11 is 0. The zero-order valence-corrected chi connectivity index (χ0v) is 12.5. The van der Waals surface area contributed by atoms with Gasteiger partial charge in [0.05, 0.1) is 0 Å². The molecule has 1 fully saturated rings. The molecule has 1 unspecified atom stereocenters. The fraction of sp³-hybridized carbons (Fsp3) is 0.588. The van der Waals surface area contributed by atoms with Gasteiger partial charge in [-0.2, -0.15) is 0 Å². The second kappa shape index (κ2) is 7.44. The predicted molar refractivity (Wildman–Crippen MR) is 82.6 cm³/mol. The van der Waals surface area contributed by atoms with Crippen molar-refractivity contribution in [3.8, 4) is 0 Å². The Bertz CT molecular complexity index is 436. The van der Waals surface area contributed by atoms with E-state index >= 15 is 0 Å². The quantitative estimate of drug-likeness (QED) is 0.917. The highest BCUT2D eigenvalue weighted by Gasteiger charge is 2.21. The number of carbonyl (C=O) groups excluding carboxylic acids is 1. The number of nitrogens with zero attached hydrogens (tertiary/aromatic N) is 1. The van der Waals surface area contributed by atoms with Crippen molar-refractivity contribution in [1.82, 2.24) is 4.90 Å². The highest BCUT2D eigenvalue weighted by Crippen LogP contribution is 2.23. The highest BCUT2D eigenvalue weighted by atomic mass is 16.2. The first-order chi connectivity index (χ1) is 9.72. The molecule has 1 aromatic rings. The number of nitrogens with two attached hydrogens (primary N) is 1. The van der Waals surface area contributed by atoms with Gasteiger partial charge in [-0.3, -0.25) is 4.79 Å². The molecule has 0 saturated carbocycles. The number of carbonyl (C=O) groups is 1. The highest BCUT2D eigenvalue weighted by molar-refractivity contribution is 5.77. The first-order valence-electron chi connectivity index (χ1n) is 7.75. The molecule has 1 saturated heterocycles. The van der Waals surface area contributed by atoms with Gasteiger partial charge in [0.25, 0.3) is 0 Å². The van der Waals surface area contributed by atoms with Crippen LogP contribution >= 0.6 is 0 Å². The lowest BCUT2D eigenvalue weighted by Gasteiger charge is -2.24. The van der Waals surface area contributed by atoms with E-state index in [0.717, 1.165) is 25.9 Å². The number of hydrogen-bond acceptors (Lipinski definition) is 2. The Labute approximate surface area is 122 Å². The maximum Gasteiger partial charge on any atom is 0.223 e. The molecule has 1 heterocycles. The maximum atomic E-state index is 12.5. The lowest BCUT2D eigenvalue weighted by molar-refractivity contribution is -0.131. The Hall–Kier alpha value is -1.35. The van der Waals surface area contributed by atoms with E-state index in [9.17, 15) is 4.79 Å². The Morgan fingerprint density at radius 2 is 1.85 bits per heavy atom. The summed E-state index contributed by atoms with van der Waals surface area (Å²) in [5, 5.41) is 0. The Morgan fingerprint density at radius 3 is 2.45 bits per heavy atom. The van der Waals surface area contributed by atoms with Crippen LogP contribution in [0.5, 0.6) is 0 Å². The maximum absolute atomic E-state index is 12.5. The predicted octanol–water partition coefficient (Wildman–Crippen LogP) is 2.83. The summed E-state index contributed by atoms with van der Waals surface area (Å²) in [6, 6.07) is 8.25. The molecule has 0 bridgehead atoms. The van der Waals surface area contributed by atoms with Gasteiger partial charge in [-0.05, 0) is 37.4 Å². The number of benzene rings is 1. The largest absolute Gasteiger partial charge is 0.343 e. The SMILES string of the molecule is Cc1ccccc1C(CN)CC(=O)N1CCCCCC1. The van der Waals surface area contributed by atoms with Crippen LogP contribution in [0.2, 0.25) is 0 Å². The van der Waals surface area contributed by atoms with E-state index in [0.29, 0.717) is 13.0 Å². The third kappa shape index (κ3) is 3.83. The van der Waals surface area contributed by atoms with Gasteiger partial charge >= 0.3 is 0 Å². The normalized spacial score (nSPS) is 17.6. The summed E-state index contributed by atoms with van der Waals surface area (Å²) in [6.45, 7) is 4.46. The second-order valence-electron chi connectivity index (χ2n) is 5.79. The van der Waals surface area contributed by atoms with Crippen LogP contribution in [0, 0.1) is 6.92 Å². The molecule has 0 spiro atoms. The summed E-state index contributed by atoms with van der Waals surface area (Å²) in [5.74, 6) is 0.414. The number of rotatable bonds is 4. The zero-order chi connectivity index (χ0) is 14.4. The van der Waals surface area contributed by atoms with Crippen LogP contribution in [0.1, 0.15) is 49.1 Å². The molecule has 0 aromatic heterocycles. The van der Waals surface area contributed by atoms with Crippen molar-refractivity contribution in [2.75, 3.05) is 19.6 Å². The van der Waals surface area contributed by atoms with Gasteiger partial charge in [0, 0.05) is 25.4 Å². The lowest BCUT2D eigenvalue weighted by Crippen LogP contribution is -2.34. The summed E-state index contributed by atoms with van der Waals surface area (Å²) in [7, 11) is 0. The Morgan fingerprint density at radius 1 is 1.20 bits per heavy atom. The standard InChI is InChI=1S/C17H26N2O/c1-14-8-4-5-9-16(14)15(13-18)12-17(20)19-10-6-2-3-7-11-19/h4-5,8-9,15H,2-3,6-7,10-13,18H2,1H3. The molecule has 3 nitrogen and oxygen atoms in total. The summed E-state index contributed by atoms with van der Waals surface area (Å²) in [6.07, 6.45) is 5.33. The minimum absolute atomic E-state index is 0.145. The minimum Gasteiger partial charge on any atom is -0.343 e. The Balaban J connectivity index is 2.02. The average molecular weight is 274 g/mol. The number of likely N-dealkylation sites (tertiary alicyclic amines) is 1. The van der Waals surface area contributed by atoms with Gasteiger partial charge in [-0.25, -0.2) is 0 Å². The van der Waals surface area contributed by atoms with Crippen LogP contribution in [-0.4, -0.2) is 30.4 Å². The average Bonchev–Trinajstić information content (AvgIpc) is 2.74. The molecule has 1 aromatic carbocycles. The number of amides is 1. The van der Waals surface area contributed by atoms with Gasteiger partial charge in [-0.1, -0.05) is 37.1 Å². The van der Waals surface area contributed by atoms with Crippen molar-refractivity contribution in [1.29, 1.82) is 0 Å². The van der Waals surface area contributed by atoms with Crippen molar-refractivity contribution in [2.45, 2.75) is 44.9 Å². The third-order valence-corrected chi connectivity index (χ3v) is 4.29. The van der Waals surface area contributed by atoms with Crippen LogP contribution in [0.4, 0.5) is 0 Å². The molecule has 0 aliphatic carbocycles. The van der Waals surface area contributed by atoms with Crippen LogP contribution in [0.25, 0.3) is 0 Å². The minimum atomic E-state index is 0.145. The van der Waals surface area contributed by atoms with E-state index < -0.39 is 0 Å². The van der Waals surface area contributed by atoms with Gasteiger partial charge in [-0.15, -0.1) is 0 Å². The first-order valence-corrected chi connectivity index (χ1v) is 7.75. The van der Waals surface area contributed by atoms with E-state index in [-0.39, 0.29) is 11.8 Å². The fourth-order valence-corrected chi connectivity index (χ4v) is 3.03. The molecule has 2 N–H and O–H groups in total. The summed E-state index contributed by atoms with van der Waals surface area (Å²) in [4.78, 5) is 14.5. The smallest absolute Gasteiger partial charge is 0.223 e. The van der Waals surface area contributed by atoms with E-state index in [1.54, 1.807) is 0 Å². The second-order valence-corrected chi connectivity index (χ2v) is 5.79. The molecular formula is C17H26N2O. The van der Waals surface area contributed by atoms with Gasteiger partial charge < -0.3 is 10.6 Å². The molecule has 20 heavy (non-hydrogen) atoms. The monoisotopic (exact) mass is 274 g/mol. The third-order valence-electron chi connectivity index (χ3n) is 4.29. The molecule has 110 valence electrons. The topological polar surface area (TPSA) is 46.3 Å². The zero-order valence-electron chi connectivity index (χ0n) is 12.5. The van der Waals surface area contributed by atoms with Crippen LogP contribution < -0.4 is 5.73 Å². The van der Waals surface area contributed by atoms with Gasteiger partial charge in [0.2, 0.25) is 5.91 Å². The molecular weight excluding hydrogens is 248 g/mol. The van der Waals surface area contributed by atoms with Crippen molar-refractivity contribution in [3.05, 3.63) is 35.4 Å². The molecule has 1 atom stereocenters. The van der Waals surface area contributed by atoms with Crippen LogP contribution in [0.3, 0.4) is 0 Å². The van der Waals surface area contributed by atoms with E-state index in [2.05, 4.69) is 19.1 Å². The van der Waals surface area contributed by atoms with E-state index in [4.69, 9.17) is 5.73 Å². The molecule has 1 aliphatic rings. The molecule has 2 rings (SSSR count).